The summed E-state index contributed by atoms with van der Waals surface area (Å²) in [5, 5.41) is 6.23. The number of H-pyrrole nitrogens is 1. The molecule has 1 amide bonds. The summed E-state index contributed by atoms with van der Waals surface area (Å²) >= 11 is 3.37. The van der Waals surface area contributed by atoms with Crippen LogP contribution >= 0.6 is 15.9 Å². The van der Waals surface area contributed by atoms with Crippen molar-refractivity contribution in [3.63, 3.8) is 0 Å². The average molecular weight is 533 g/mol. The van der Waals surface area contributed by atoms with Gasteiger partial charge in [0.25, 0.3) is 5.82 Å². The van der Waals surface area contributed by atoms with E-state index >= 15 is 0 Å². The summed E-state index contributed by atoms with van der Waals surface area (Å²) in [4.78, 5) is 30.2. The van der Waals surface area contributed by atoms with Gasteiger partial charge in [-0.3, -0.25) is 4.79 Å². The van der Waals surface area contributed by atoms with Gasteiger partial charge in [-0.25, -0.2) is 19.5 Å². The third-order valence-corrected chi connectivity index (χ3v) is 7.06. The van der Waals surface area contributed by atoms with Crippen molar-refractivity contribution in [1.29, 1.82) is 0 Å². The summed E-state index contributed by atoms with van der Waals surface area (Å²) in [5.74, 6) is -1.50. The van der Waals surface area contributed by atoms with Crippen LogP contribution in [0.2, 0.25) is 0 Å². The first-order valence-corrected chi connectivity index (χ1v) is 12.2. The third-order valence-electron chi connectivity index (χ3n) is 6.57. The van der Waals surface area contributed by atoms with Gasteiger partial charge in [0.1, 0.15) is 17.8 Å². The molecule has 0 bridgehead atoms. The van der Waals surface area contributed by atoms with Crippen LogP contribution in [0.5, 0.6) is 0 Å². The summed E-state index contributed by atoms with van der Waals surface area (Å²) < 4.78 is 15.1. The predicted octanol–water partition coefficient (Wildman–Crippen LogP) is 5.26. The Morgan fingerprint density at radius 1 is 1.06 bits per heavy atom. The Labute approximate surface area is 211 Å². The summed E-state index contributed by atoms with van der Waals surface area (Å²) in [5.41, 5.74) is 3.47. The molecular weight excluding hydrogens is 509 g/mol. The van der Waals surface area contributed by atoms with Crippen LogP contribution in [0.1, 0.15) is 36.3 Å². The second kappa shape index (κ2) is 9.58. The molecule has 0 fully saturated rings. The van der Waals surface area contributed by atoms with E-state index in [9.17, 15) is 14.0 Å². The zero-order valence-electron chi connectivity index (χ0n) is 19.0. The van der Waals surface area contributed by atoms with E-state index in [1.54, 1.807) is 24.4 Å². The van der Waals surface area contributed by atoms with Gasteiger partial charge in [-0.15, -0.1) is 0 Å². The number of aromatic amines is 1. The predicted molar refractivity (Wildman–Crippen MR) is 135 cm³/mol. The molecule has 1 aromatic heterocycles. The number of allylic oxidation sites excluding steroid dienone is 3. The lowest BCUT2D eigenvalue weighted by Gasteiger charge is -2.39. The average Bonchev–Trinajstić information content (AvgIpc) is 2.85. The summed E-state index contributed by atoms with van der Waals surface area (Å²) in [6.07, 6.45) is 4.11. The van der Waals surface area contributed by atoms with Crippen molar-refractivity contribution in [2.24, 2.45) is 5.92 Å². The number of fused-ring (bicyclic) bond motifs is 1. The molecule has 176 valence electrons. The van der Waals surface area contributed by atoms with Crippen molar-refractivity contribution in [3.8, 4) is 0 Å². The zero-order chi connectivity index (χ0) is 24.5. The Bertz CT molecular complexity index is 1350. The third kappa shape index (κ3) is 4.68. The van der Waals surface area contributed by atoms with Crippen molar-refractivity contribution >= 4 is 33.4 Å². The normalized spacial score (nSPS) is 21.6. The highest BCUT2D eigenvalue weighted by atomic mass is 79.9. The highest BCUT2D eigenvalue weighted by molar-refractivity contribution is 9.10. The monoisotopic (exact) mass is 532 g/mol. The number of amides is 1. The van der Waals surface area contributed by atoms with E-state index in [1.807, 2.05) is 43.3 Å². The van der Waals surface area contributed by atoms with E-state index in [1.165, 1.54) is 12.1 Å². The van der Waals surface area contributed by atoms with Gasteiger partial charge in [0, 0.05) is 35.7 Å². The Morgan fingerprint density at radius 2 is 1.83 bits per heavy atom. The van der Waals surface area contributed by atoms with Crippen molar-refractivity contribution in [3.05, 3.63) is 117 Å². The number of aromatic nitrogens is 1. The maximum Gasteiger partial charge on any atom is 0.337 e. The van der Waals surface area contributed by atoms with Crippen LogP contribution in [0.4, 0.5) is 10.2 Å². The number of carbonyl (C=O) groups is 2. The number of rotatable bonds is 4. The molecule has 35 heavy (non-hydrogen) atoms. The molecule has 0 saturated carbocycles. The minimum atomic E-state index is -0.613. The van der Waals surface area contributed by atoms with Gasteiger partial charge in [-0.2, -0.15) is 0 Å². The lowest BCUT2D eigenvalue weighted by Crippen LogP contribution is -2.42. The van der Waals surface area contributed by atoms with E-state index in [0.717, 1.165) is 15.7 Å². The molecule has 3 aromatic rings. The molecule has 3 atom stereocenters. The van der Waals surface area contributed by atoms with Crippen LogP contribution in [0.3, 0.4) is 0 Å². The first kappa shape index (κ1) is 23.2. The topological polar surface area (TPSA) is 72.3 Å². The number of Topliss-reactive ketones (excluding diaryl/α,β-unsaturated/α-hetero) is 1. The molecule has 0 radical (unpaired) electrons. The number of benzene rings is 2. The summed E-state index contributed by atoms with van der Waals surface area (Å²) in [7, 11) is 0. The Kier molecular flexibility index (Phi) is 6.34. The van der Waals surface area contributed by atoms with Crippen LogP contribution in [-0.4, -0.2) is 11.7 Å². The van der Waals surface area contributed by atoms with E-state index in [4.69, 9.17) is 0 Å². The van der Waals surface area contributed by atoms with Crippen molar-refractivity contribution in [2.45, 2.75) is 25.2 Å². The van der Waals surface area contributed by atoms with Crippen LogP contribution in [-0.2, 0) is 9.59 Å². The van der Waals surface area contributed by atoms with Crippen molar-refractivity contribution in [2.75, 3.05) is 5.32 Å². The number of nitrogens with one attached hydrogen (secondary N) is 3. The van der Waals surface area contributed by atoms with Crippen LogP contribution in [0.25, 0.3) is 0 Å². The molecule has 1 aliphatic heterocycles. The fourth-order valence-corrected chi connectivity index (χ4v) is 5.27. The van der Waals surface area contributed by atoms with Gasteiger partial charge in [0.2, 0.25) is 0 Å². The molecule has 3 unspecified atom stereocenters. The number of carbonyl (C=O) groups excluding carboxylic acids is 2. The van der Waals surface area contributed by atoms with Crippen molar-refractivity contribution in [1.82, 2.24) is 5.32 Å². The Balaban J connectivity index is 1.58. The van der Waals surface area contributed by atoms with Crippen molar-refractivity contribution < 1.29 is 19.0 Å². The van der Waals surface area contributed by atoms with Gasteiger partial charge < -0.3 is 5.32 Å². The number of halogens is 2. The maximum absolute atomic E-state index is 14.3. The van der Waals surface area contributed by atoms with Crippen LogP contribution in [0.15, 0.2) is 100 Å². The second-order valence-electron chi connectivity index (χ2n) is 8.86. The Morgan fingerprint density at radius 3 is 2.54 bits per heavy atom. The van der Waals surface area contributed by atoms with E-state index < -0.39 is 17.7 Å². The first-order chi connectivity index (χ1) is 16.9. The summed E-state index contributed by atoms with van der Waals surface area (Å²) in [6, 6.07) is 19.6. The quantitative estimate of drug-likeness (QED) is 0.481. The molecule has 3 N–H and O–H groups in total. The molecule has 5 nitrogen and oxygen atoms in total. The number of anilines is 1. The Hall–Kier alpha value is -3.58. The molecule has 0 saturated heterocycles. The SMILES string of the molecule is CC1=C(C(=O)Nc2ccc(Br)c[nH+]2)C(c2cccc(F)c2)C2C(=O)CC(c3ccccc3)C=C2N1. The summed E-state index contributed by atoms with van der Waals surface area (Å²) in [6.45, 7) is 1.82. The minimum Gasteiger partial charge on any atom is -0.362 e. The van der Waals surface area contributed by atoms with Gasteiger partial charge in [0.05, 0.1) is 16.0 Å². The van der Waals surface area contributed by atoms with Crippen LogP contribution < -0.4 is 15.6 Å². The molecule has 2 aliphatic rings. The van der Waals surface area contributed by atoms with E-state index in [-0.39, 0.29) is 17.6 Å². The van der Waals surface area contributed by atoms with E-state index in [2.05, 4.69) is 37.6 Å². The number of ketones is 1. The van der Waals surface area contributed by atoms with E-state index in [0.29, 0.717) is 29.1 Å². The van der Waals surface area contributed by atoms with Crippen LogP contribution in [0, 0.1) is 11.7 Å². The fraction of sp³-hybridized carbons (Fsp3) is 0.179. The molecule has 2 aromatic carbocycles. The minimum absolute atomic E-state index is 0.0196. The molecule has 5 rings (SSSR count). The maximum atomic E-state index is 14.3. The molecule has 7 heteroatoms. The smallest absolute Gasteiger partial charge is 0.337 e. The number of pyridine rings is 1. The highest BCUT2D eigenvalue weighted by Crippen LogP contribution is 2.46. The first-order valence-electron chi connectivity index (χ1n) is 11.4. The van der Waals surface area contributed by atoms with Gasteiger partial charge in [0.15, 0.2) is 0 Å². The van der Waals surface area contributed by atoms with Gasteiger partial charge in [-0.1, -0.05) is 48.5 Å². The zero-order valence-corrected chi connectivity index (χ0v) is 20.6. The molecule has 1 aliphatic carbocycles. The molecule has 0 spiro atoms. The standard InChI is InChI=1S/C28H23BrFN3O2/c1-16-25(28(35)33-24-11-10-20(29)15-31-24)26(18-8-5-9-21(30)12-18)27-22(32-16)13-19(14-23(27)34)17-6-3-2-4-7-17/h2-13,15,19,26-27,32H,14H2,1H3,(H,31,33,35)/p+1. The fourth-order valence-electron chi connectivity index (χ4n) is 5.02. The lowest BCUT2D eigenvalue weighted by atomic mass is 9.68. The molecular formula is C28H24BrFN3O2+. The lowest BCUT2D eigenvalue weighted by molar-refractivity contribution is -0.361. The molecule has 2 heterocycles. The largest absolute Gasteiger partial charge is 0.362 e. The number of hydrogen-bond donors (Lipinski definition) is 2. The highest BCUT2D eigenvalue weighted by Gasteiger charge is 2.45. The second-order valence-corrected chi connectivity index (χ2v) is 9.77. The number of hydrogen-bond acceptors (Lipinski definition) is 3. The van der Waals surface area contributed by atoms with Gasteiger partial charge in [-0.05, 0) is 52.2 Å². The van der Waals surface area contributed by atoms with Gasteiger partial charge >= 0.3 is 5.91 Å².